The van der Waals surface area contributed by atoms with E-state index < -0.39 is 19.1 Å². The second kappa shape index (κ2) is 38.1. The van der Waals surface area contributed by atoms with Crippen molar-refractivity contribution in [2.75, 3.05) is 0 Å². The van der Waals surface area contributed by atoms with E-state index >= 15 is 0 Å². The third-order valence-corrected chi connectivity index (χ3v) is 30.3. The lowest BCUT2D eigenvalue weighted by Gasteiger charge is -2.21. The monoisotopic (exact) mass is 1890 g/mol. The average Bonchev–Trinajstić information content (AvgIpc) is 1.60. The van der Waals surface area contributed by atoms with Gasteiger partial charge in [-0.2, -0.15) is 0 Å². The molecule has 0 aliphatic heterocycles. The van der Waals surface area contributed by atoms with E-state index in [0.29, 0.717) is 45.3 Å². The number of rotatable bonds is 11. The van der Waals surface area contributed by atoms with Gasteiger partial charge < -0.3 is 22.1 Å². The van der Waals surface area contributed by atoms with E-state index in [9.17, 15) is 0 Å². The SMILES string of the molecule is Cc1cc[n+](C)c(-c2c(C)ccc3c2oc2ncc4ccccc4c23)c1.Cc1ccc2c(oc3ncc4ccccc4c32)c1-c1cc(CC2CCCC2)cc[n+]1C.Cc1ccc2c(oc3ncc4ccccc4c32)c1-c1cc(CC2CCCCC2)cc[n+]1C.[2H]C([2H])(C)c1cc[n+](C)c(-c2c(C)ccc3c2oc2ncc4ccccc4c23)c1.[2H]C([2H])([2H])C([2H])(C)c1cc[n+](C)c(-c2c(C)ccc3c2oc2ncc4ccccc4c23)c1. The van der Waals surface area contributed by atoms with Gasteiger partial charge in [0.1, 0.15) is 35.2 Å². The Morgan fingerprint density at radius 1 is 0.306 bits per heavy atom. The lowest BCUT2D eigenvalue weighted by molar-refractivity contribution is -0.660. The Balaban J connectivity index is 0.000000103. The molecule has 2 fully saturated rings. The van der Waals surface area contributed by atoms with Crippen LogP contribution in [0.25, 0.3) is 220 Å². The molecule has 27 rings (SSSR count). The molecule has 15 heteroatoms. The van der Waals surface area contributed by atoms with Crippen molar-refractivity contribution in [3.63, 3.8) is 0 Å². The molecule has 0 N–H and O–H groups in total. The molecule has 0 radical (unpaired) electrons. The van der Waals surface area contributed by atoms with Crippen LogP contribution in [0.15, 0.2) is 327 Å². The summed E-state index contributed by atoms with van der Waals surface area (Å²) in [5.74, 6) is -0.0779. The zero-order valence-corrected chi connectivity index (χ0v) is 83.8. The van der Waals surface area contributed by atoms with Crippen LogP contribution in [-0.4, -0.2) is 24.9 Å². The predicted octanol–water partition coefficient (Wildman–Crippen LogP) is 30.5. The van der Waals surface area contributed by atoms with Crippen molar-refractivity contribution in [3.8, 4) is 56.3 Å². The molecule has 15 aromatic heterocycles. The maximum atomic E-state index is 8.54. The third-order valence-electron chi connectivity index (χ3n) is 30.3. The number of aryl methyl sites for hydroxylation is 12. The van der Waals surface area contributed by atoms with Gasteiger partial charge in [0.05, 0.1) is 54.7 Å². The minimum atomic E-state index is -2.45. The first-order valence-electron chi connectivity index (χ1n) is 53.4. The number of nitrogens with zero attached hydrogens (tertiary/aromatic N) is 10. The highest BCUT2D eigenvalue weighted by Gasteiger charge is 2.31. The molecule has 2 aliphatic rings. The summed E-state index contributed by atoms with van der Waals surface area (Å²) in [5.41, 5.74) is 29.1. The van der Waals surface area contributed by atoms with Crippen molar-refractivity contribution >= 4 is 164 Å². The molecule has 2 saturated carbocycles. The quantitative estimate of drug-likeness (QED) is 0.115. The van der Waals surface area contributed by atoms with E-state index in [2.05, 4.69) is 289 Å². The lowest BCUT2D eigenvalue weighted by atomic mass is 9.85. The van der Waals surface area contributed by atoms with E-state index in [1.165, 1.54) is 150 Å². The van der Waals surface area contributed by atoms with Crippen molar-refractivity contribution in [1.29, 1.82) is 0 Å². The Kier molecular flexibility index (Phi) is 22.5. The van der Waals surface area contributed by atoms with Gasteiger partial charge in [-0.3, -0.25) is 0 Å². The van der Waals surface area contributed by atoms with Crippen LogP contribution >= 0.6 is 0 Å². The summed E-state index contributed by atoms with van der Waals surface area (Å²) in [7, 11) is 10.2. The molecular weight excluding hydrogens is 1770 g/mol. The Morgan fingerprint density at radius 2 is 0.562 bits per heavy atom. The molecule has 1 atom stereocenters. The average molecular weight is 1900 g/mol. The number of hydrogen-bond donors (Lipinski definition) is 0. The number of furan rings is 5. The van der Waals surface area contributed by atoms with Crippen molar-refractivity contribution in [2.45, 2.75) is 145 Å². The maximum absolute atomic E-state index is 8.54. The number of benzene rings is 10. The van der Waals surface area contributed by atoms with Crippen LogP contribution in [0, 0.1) is 53.4 Å². The molecule has 1 unspecified atom stereocenters. The summed E-state index contributed by atoms with van der Waals surface area (Å²) in [6.07, 6.45) is 32.9. The van der Waals surface area contributed by atoms with Crippen LogP contribution in [0.4, 0.5) is 0 Å². The Bertz CT molecular complexity index is 9720. The highest BCUT2D eigenvalue weighted by atomic mass is 16.4. The number of fused-ring (bicyclic) bond motifs is 25. The summed E-state index contributed by atoms with van der Waals surface area (Å²) in [4.78, 5) is 23.0. The van der Waals surface area contributed by atoms with Crippen LogP contribution in [-0.2, 0) is 54.5 Å². The first-order valence-corrected chi connectivity index (χ1v) is 50.4. The molecule has 710 valence electrons. The van der Waals surface area contributed by atoms with Crippen molar-refractivity contribution in [1.82, 2.24) is 24.9 Å². The summed E-state index contributed by atoms with van der Waals surface area (Å²) < 4.78 is 90.6. The first kappa shape index (κ1) is 84.8. The molecule has 0 bridgehead atoms. The molecule has 0 spiro atoms. The lowest BCUT2D eigenvalue weighted by Crippen LogP contribution is -2.31. The Hall–Kier alpha value is -16.0. The van der Waals surface area contributed by atoms with Gasteiger partial charge in [-0.25, -0.2) is 47.8 Å². The van der Waals surface area contributed by atoms with E-state index in [0.717, 1.165) is 171 Å². The van der Waals surface area contributed by atoms with Crippen LogP contribution in [0.1, 0.15) is 148 Å². The van der Waals surface area contributed by atoms with Gasteiger partial charge in [0.25, 0.3) is 0 Å². The van der Waals surface area contributed by atoms with Gasteiger partial charge >= 0.3 is 0 Å². The fraction of sp³-hybridized carbons (Fsp3) is 0.225. The van der Waals surface area contributed by atoms with Gasteiger partial charge in [0.15, 0.2) is 58.9 Å². The van der Waals surface area contributed by atoms with E-state index in [4.69, 9.17) is 30.3 Å². The van der Waals surface area contributed by atoms with Crippen molar-refractivity contribution in [2.24, 2.45) is 47.1 Å². The number of hydrogen-bond acceptors (Lipinski definition) is 10. The number of pyridine rings is 10. The van der Waals surface area contributed by atoms with E-state index in [-0.39, 0.29) is 0 Å². The topological polar surface area (TPSA) is 150 Å². The zero-order chi connectivity index (χ0) is 104. The molecule has 0 amide bonds. The van der Waals surface area contributed by atoms with Gasteiger partial charge in [0.2, 0.25) is 57.0 Å². The molecule has 25 aromatic rings. The molecule has 15 nitrogen and oxygen atoms in total. The molecular formula is C129H119N10O5+5. The zero-order valence-electron chi connectivity index (χ0n) is 89.8. The first-order chi connectivity index (χ1) is 72.4. The van der Waals surface area contributed by atoms with Gasteiger partial charge in [-0.05, 0) is 161 Å². The fourth-order valence-electron chi connectivity index (χ4n) is 22.6. The second-order valence-corrected chi connectivity index (χ2v) is 39.8. The highest BCUT2D eigenvalue weighted by molar-refractivity contribution is 6.24. The summed E-state index contributed by atoms with van der Waals surface area (Å²) in [6.45, 7) is 13.2. The van der Waals surface area contributed by atoms with Crippen molar-refractivity contribution in [3.05, 3.63) is 360 Å². The van der Waals surface area contributed by atoms with Crippen LogP contribution in [0.2, 0.25) is 0 Å². The Morgan fingerprint density at radius 3 is 0.861 bits per heavy atom. The fourth-order valence-corrected chi connectivity index (χ4v) is 22.6. The van der Waals surface area contributed by atoms with Gasteiger partial charge in [0, 0.05) is 154 Å². The highest BCUT2D eigenvalue weighted by Crippen LogP contribution is 2.47. The third kappa shape index (κ3) is 16.7. The largest absolute Gasteiger partial charge is 0.437 e. The summed E-state index contributed by atoms with van der Waals surface area (Å²) in [6, 6.07) is 83.8. The standard InChI is InChI=1S/C29H29N2O.C28H27N2O.C25H23N2O.C24H21N2O.C23H19N2O/c1-19-12-13-24-27-23-11-7-6-10-22(23)18-30-29(27)32-28(24)26(19)25-17-21(14-15-31(25)2)16-20-8-4-3-5-9-20;1-18-11-12-23-26-22-10-6-5-9-21(22)17-29-28(26)31-27(23)25(18)24-16-20(13-14-30(24)2)15-19-7-3-4-8-19;1-15(2)17-11-12-27(4)21(13-17)22-16(3)9-10-20-23-19-8-6-5-7-18(19)14-26-25(23)28-24(20)22;1-4-16-11-12-26(3)20(13-16)21-15(2)9-10-19-22-18-8-6-5-7-17(18)14-25-24(22)27-23(19)21;1-14-10-11-25(3)19(12-14)20-15(2)8-9-18-21-17-7-5-4-6-16(17)13-24-23(21)26-22(18)20/h6-7,10-15,17-18,20H,3-5,8-9,16H2,1-2H3;5-6,9-14,16-17,19H,3-4,7-8,15H2,1-2H3;5-15H,1-4H3;5-14H,4H2,1-3H3;4-13H,1-3H3/q5*+1/i;;1D3,15D;4D2;. The predicted molar refractivity (Wildman–Crippen MR) is 586 cm³/mol. The smallest absolute Gasteiger partial charge is 0.227 e. The second-order valence-electron chi connectivity index (χ2n) is 39.8. The molecule has 2 aliphatic carbocycles. The Labute approximate surface area is 845 Å². The van der Waals surface area contributed by atoms with Crippen LogP contribution in [0.3, 0.4) is 0 Å². The van der Waals surface area contributed by atoms with Gasteiger partial charge in [-0.1, -0.05) is 260 Å². The number of aromatic nitrogens is 10. The normalized spacial score (nSPS) is 14.4. The van der Waals surface area contributed by atoms with E-state index in [1.807, 2.05) is 122 Å². The minimum Gasteiger partial charge on any atom is -0.437 e. The summed E-state index contributed by atoms with van der Waals surface area (Å²) in [5, 5.41) is 22.0. The summed E-state index contributed by atoms with van der Waals surface area (Å²) >= 11 is 0. The minimum absolute atomic E-state index is 0.432. The van der Waals surface area contributed by atoms with Crippen LogP contribution < -0.4 is 22.8 Å². The van der Waals surface area contributed by atoms with Crippen LogP contribution in [0.5, 0.6) is 0 Å². The van der Waals surface area contributed by atoms with Gasteiger partial charge in [-0.15, -0.1) is 0 Å². The molecule has 144 heavy (non-hydrogen) atoms. The molecule has 0 saturated heterocycles. The molecule has 15 heterocycles. The maximum Gasteiger partial charge on any atom is 0.227 e. The van der Waals surface area contributed by atoms with Crippen molar-refractivity contribution < 1.29 is 53.1 Å². The molecule has 10 aromatic carbocycles. The van der Waals surface area contributed by atoms with E-state index in [1.54, 1.807) is 25.3 Å².